The Hall–Kier alpha value is -2.75. The fourth-order valence-corrected chi connectivity index (χ4v) is 2.43. The molecule has 0 aliphatic carbocycles. The van der Waals surface area contributed by atoms with Crippen LogP contribution in [0.4, 0.5) is 5.69 Å². The molecule has 106 valence electrons. The van der Waals surface area contributed by atoms with Crippen molar-refractivity contribution in [1.82, 2.24) is 4.98 Å². The lowest BCUT2D eigenvalue weighted by Crippen LogP contribution is -2.02. The number of rotatable bonds is 3. The minimum Gasteiger partial charge on any atom is -0.495 e. The van der Waals surface area contributed by atoms with Gasteiger partial charge in [0.1, 0.15) is 5.75 Å². The molecule has 0 amide bonds. The molecule has 1 heterocycles. The molecule has 0 aliphatic rings. The Morgan fingerprint density at radius 3 is 2.76 bits per heavy atom. The number of nitrogen functional groups attached to an aromatic ring is 1. The zero-order valence-corrected chi connectivity index (χ0v) is 11.9. The number of methoxy groups -OCH3 is 1. The van der Waals surface area contributed by atoms with Crippen LogP contribution >= 0.6 is 0 Å². The molecule has 0 bridgehead atoms. The van der Waals surface area contributed by atoms with Gasteiger partial charge in [0.2, 0.25) is 0 Å². The van der Waals surface area contributed by atoms with E-state index in [1.165, 1.54) is 7.11 Å². The molecule has 3 N–H and O–H groups in total. The predicted molar refractivity (Wildman–Crippen MR) is 83.9 cm³/mol. The van der Waals surface area contributed by atoms with E-state index < -0.39 is 0 Å². The fourth-order valence-electron chi connectivity index (χ4n) is 2.43. The molecule has 0 saturated carbocycles. The average molecular weight is 280 g/mol. The summed E-state index contributed by atoms with van der Waals surface area (Å²) in [6.07, 6.45) is 1.75. The summed E-state index contributed by atoms with van der Waals surface area (Å²) in [5.74, 6) is 0.460. The SMILES string of the molecule is COc1cc(C(=O)c2c[nH]c3ccc(C)cc23)ccc1N. The summed E-state index contributed by atoms with van der Waals surface area (Å²) < 4.78 is 5.17. The number of carbonyl (C=O) groups is 1. The second-order valence-electron chi connectivity index (χ2n) is 5.04. The standard InChI is InChI=1S/C17H16N2O2/c1-10-3-6-15-12(7-10)13(9-19-15)17(20)11-4-5-14(18)16(8-11)21-2/h3-9,19H,18H2,1-2H3. The lowest BCUT2D eigenvalue weighted by atomic mass is 10.0. The van der Waals surface area contributed by atoms with Gasteiger partial charge in [-0.15, -0.1) is 0 Å². The number of ketones is 1. The minimum atomic E-state index is -0.0508. The number of nitrogens with two attached hydrogens (primary N) is 1. The summed E-state index contributed by atoms with van der Waals surface area (Å²) in [5, 5.41) is 0.927. The Kier molecular flexibility index (Phi) is 3.14. The van der Waals surface area contributed by atoms with E-state index in [-0.39, 0.29) is 5.78 Å². The van der Waals surface area contributed by atoms with E-state index in [0.29, 0.717) is 22.6 Å². The number of ether oxygens (including phenoxy) is 1. The molecule has 0 aliphatic heterocycles. The first kappa shape index (κ1) is 13.2. The van der Waals surface area contributed by atoms with Gasteiger partial charge >= 0.3 is 0 Å². The molecule has 4 heteroatoms. The molecule has 4 nitrogen and oxygen atoms in total. The summed E-state index contributed by atoms with van der Waals surface area (Å²) in [6.45, 7) is 2.01. The molecular formula is C17H16N2O2. The molecule has 3 rings (SSSR count). The van der Waals surface area contributed by atoms with E-state index in [2.05, 4.69) is 4.98 Å². The Bertz CT molecular complexity index is 834. The Morgan fingerprint density at radius 1 is 1.19 bits per heavy atom. The van der Waals surface area contributed by atoms with Crippen LogP contribution in [0.15, 0.2) is 42.6 Å². The number of nitrogens with one attached hydrogen (secondary N) is 1. The first-order valence-electron chi connectivity index (χ1n) is 6.66. The fraction of sp³-hybridized carbons (Fsp3) is 0.118. The summed E-state index contributed by atoms with van der Waals surface area (Å²) >= 11 is 0. The van der Waals surface area contributed by atoms with Gasteiger partial charge in [-0.2, -0.15) is 0 Å². The first-order valence-corrected chi connectivity index (χ1v) is 6.66. The third kappa shape index (κ3) is 2.25. The van der Waals surface area contributed by atoms with Crippen molar-refractivity contribution in [3.8, 4) is 5.75 Å². The van der Waals surface area contributed by atoms with Gasteiger partial charge in [0.25, 0.3) is 0 Å². The van der Waals surface area contributed by atoms with Crippen LogP contribution in [0, 0.1) is 6.92 Å². The maximum Gasteiger partial charge on any atom is 0.195 e. The molecule has 0 radical (unpaired) electrons. The second kappa shape index (κ2) is 4.98. The number of aromatic nitrogens is 1. The van der Waals surface area contributed by atoms with Gasteiger partial charge < -0.3 is 15.5 Å². The van der Waals surface area contributed by atoms with Gasteiger partial charge in [-0.1, -0.05) is 11.6 Å². The van der Waals surface area contributed by atoms with Gasteiger partial charge in [-0.05, 0) is 37.3 Å². The van der Waals surface area contributed by atoms with Gasteiger partial charge in [-0.3, -0.25) is 4.79 Å². The lowest BCUT2D eigenvalue weighted by molar-refractivity contribution is 0.104. The topological polar surface area (TPSA) is 68.1 Å². The Balaban J connectivity index is 2.10. The number of anilines is 1. The van der Waals surface area contributed by atoms with Crippen LogP contribution in [-0.4, -0.2) is 17.9 Å². The van der Waals surface area contributed by atoms with Crippen LogP contribution in [0.3, 0.4) is 0 Å². The number of fused-ring (bicyclic) bond motifs is 1. The van der Waals surface area contributed by atoms with Crippen LogP contribution < -0.4 is 10.5 Å². The molecule has 0 spiro atoms. The monoisotopic (exact) mass is 280 g/mol. The lowest BCUT2D eigenvalue weighted by Gasteiger charge is -2.06. The number of benzene rings is 2. The van der Waals surface area contributed by atoms with Crippen molar-refractivity contribution in [3.05, 3.63) is 59.3 Å². The number of carbonyl (C=O) groups excluding carboxylic acids is 1. The number of aromatic amines is 1. The van der Waals surface area contributed by atoms with Gasteiger partial charge in [0, 0.05) is 28.2 Å². The molecule has 1 aromatic heterocycles. The van der Waals surface area contributed by atoms with Gasteiger partial charge in [-0.25, -0.2) is 0 Å². The summed E-state index contributed by atoms with van der Waals surface area (Å²) in [5.41, 5.74) is 9.58. The van der Waals surface area contributed by atoms with Crippen molar-refractivity contribution < 1.29 is 9.53 Å². The molecule has 21 heavy (non-hydrogen) atoms. The maximum absolute atomic E-state index is 12.7. The highest BCUT2D eigenvalue weighted by atomic mass is 16.5. The molecule has 2 aromatic carbocycles. The largest absolute Gasteiger partial charge is 0.495 e. The highest BCUT2D eigenvalue weighted by Gasteiger charge is 2.15. The summed E-state index contributed by atoms with van der Waals surface area (Å²) in [4.78, 5) is 15.8. The second-order valence-corrected chi connectivity index (χ2v) is 5.04. The van der Waals surface area contributed by atoms with Crippen molar-refractivity contribution in [3.63, 3.8) is 0 Å². The van der Waals surface area contributed by atoms with E-state index in [1.807, 2.05) is 25.1 Å². The van der Waals surface area contributed by atoms with Crippen molar-refractivity contribution >= 4 is 22.4 Å². The summed E-state index contributed by atoms with van der Waals surface area (Å²) in [6, 6.07) is 11.1. The van der Waals surface area contributed by atoms with Crippen LogP contribution in [-0.2, 0) is 0 Å². The quantitative estimate of drug-likeness (QED) is 0.571. The maximum atomic E-state index is 12.7. The van der Waals surface area contributed by atoms with Crippen molar-refractivity contribution in [2.24, 2.45) is 0 Å². The third-order valence-corrected chi connectivity index (χ3v) is 3.58. The highest BCUT2D eigenvalue weighted by molar-refractivity contribution is 6.16. The third-order valence-electron chi connectivity index (χ3n) is 3.58. The molecule has 0 fully saturated rings. The highest BCUT2D eigenvalue weighted by Crippen LogP contribution is 2.26. The van der Waals surface area contributed by atoms with Crippen LogP contribution in [0.25, 0.3) is 10.9 Å². The van der Waals surface area contributed by atoms with Gasteiger partial charge in [0.15, 0.2) is 5.78 Å². The normalized spacial score (nSPS) is 10.8. The minimum absolute atomic E-state index is 0.0508. The molecular weight excluding hydrogens is 264 g/mol. The number of H-pyrrole nitrogens is 1. The molecule has 3 aromatic rings. The average Bonchev–Trinajstić information content (AvgIpc) is 2.90. The van der Waals surface area contributed by atoms with E-state index in [0.717, 1.165) is 16.5 Å². The van der Waals surface area contributed by atoms with Gasteiger partial charge in [0.05, 0.1) is 12.8 Å². The smallest absolute Gasteiger partial charge is 0.195 e. The van der Waals surface area contributed by atoms with E-state index in [9.17, 15) is 4.79 Å². The Morgan fingerprint density at radius 2 is 2.00 bits per heavy atom. The number of hydrogen-bond donors (Lipinski definition) is 2. The van der Waals surface area contributed by atoms with E-state index in [1.54, 1.807) is 24.4 Å². The van der Waals surface area contributed by atoms with Crippen molar-refractivity contribution in [2.75, 3.05) is 12.8 Å². The first-order chi connectivity index (χ1) is 10.1. The van der Waals surface area contributed by atoms with Crippen LogP contribution in [0.2, 0.25) is 0 Å². The van der Waals surface area contributed by atoms with Crippen molar-refractivity contribution in [1.29, 1.82) is 0 Å². The van der Waals surface area contributed by atoms with Crippen LogP contribution in [0.5, 0.6) is 5.75 Å². The molecule has 0 atom stereocenters. The molecule has 0 unspecified atom stereocenters. The summed E-state index contributed by atoms with van der Waals surface area (Å²) in [7, 11) is 1.54. The number of hydrogen-bond acceptors (Lipinski definition) is 3. The van der Waals surface area contributed by atoms with E-state index in [4.69, 9.17) is 10.5 Å². The molecule has 0 saturated heterocycles. The zero-order valence-electron chi connectivity index (χ0n) is 11.9. The Labute approximate surface area is 122 Å². The van der Waals surface area contributed by atoms with Crippen LogP contribution in [0.1, 0.15) is 21.5 Å². The zero-order chi connectivity index (χ0) is 15.0. The number of aryl methyl sites for hydroxylation is 1. The van der Waals surface area contributed by atoms with Crippen molar-refractivity contribution in [2.45, 2.75) is 6.92 Å². The van der Waals surface area contributed by atoms with E-state index >= 15 is 0 Å². The predicted octanol–water partition coefficient (Wildman–Crippen LogP) is 3.30.